The fourth-order valence-corrected chi connectivity index (χ4v) is 4.39. The number of fused-ring (bicyclic) bond motifs is 1. The molecule has 1 amide bonds. The number of pyridine rings is 1. The Labute approximate surface area is 197 Å². The zero-order valence-electron chi connectivity index (χ0n) is 18.6. The maximum atomic E-state index is 12.2. The van der Waals surface area contributed by atoms with Crippen LogP contribution >= 0.6 is 11.3 Å². The Balaban J connectivity index is 1.19. The Bertz CT molecular complexity index is 1160. The van der Waals surface area contributed by atoms with Crippen LogP contribution in [0.15, 0.2) is 66.9 Å². The number of hydrogen-bond acceptors (Lipinski definition) is 6. The molecular formula is C26H27N3O3S. The summed E-state index contributed by atoms with van der Waals surface area (Å²) in [5.74, 6) is 2.02. The van der Waals surface area contributed by atoms with Crippen LogP contribution in [0.1, 0.15) is 36.8 Å². The third-order valence-electron chi connectivity index (χ3n) is 5.03. The molecule has 7 heteroatoms. The van der Waals surface area contributed by atoms with Crippen LogP contribution in [0.25, 0.3) is 10.2 Å². The van der Waals surface area contributed by atoms with Crippen LogP contribution in [0.2, 0.25) is 0 Å². The molecule has 0 aliphatic heterocycles. The molecule has 0 aliphatic rings. The van der Waals surface area contributed by atoms with Gasteiger partial charge < -0.3 is 14.8 Å². The molecule has 1 N–H and O–H groups in total. The highest BCUT2D eigenvalue weighted by molar-refractivity contribution is 7.18. The van der Waals surface area contributed by atoms with Crippen LogP contribution in [0.4, 0.5) is 0 Å². The molecular weight excluding hydrogens is 434 g/mol. The molecule has 0 aliphatic carbocycles. The van der Waals surface area contributed by atoms with E-state index in [-0.39, 0.29) is 5.91 Å². The molecule has 0 radical (unpaired) electrons. The van der Waals surface area contributed by atoms with E-state index in [1.807, 2.05) is 61.5 Å². The second kappa shape index (κ2) is 11.4. The van der Waals surface area contributed by atoms with E-state index in [4.69, 9.17) is 9.47 Å². The highest BCUT2D eigenvalue weighted by Gasteiger charge is 2.06. The van der Waals surface area contributed by atoms with Gasteiger partial charge in [-0.25, -0.2) is 9.97 Å². The number of ether oxygens (including phenoxy) is 2. The number of benzene rings is 2. The van der Waals surface area contributed by atoms with Gasteiger partial charge in [-0.3, -0.25) is 4.79 Å². The van der Waals surface area contributed by atoms with Gasteiger partial charge in [-0.05, 0) is 74.2 Å². The molecule has 0 fully saturated rings. The van der Waals surface area contributed by atoms with Crippen molar-refractivity contribution in [3.8, 4) is 17.4 Å². The second-order valence-electron chi connectivity index (χ2n) is 7.57. The van der Waals surface area contributed by atoms with Gasteiger partial charge in [0.15, 0.2) is 0 Å². The van der Waals surface area contributed by atoms with Crippen molar-refractivity contribution in [1.82, 2.24) is 15.3 Å². The number of unbranched alkanes of at least 4 members (excludes halogenated alkanes) is 1. The van der Waals surface area contributed by atoms with Crippen molar-refractivity contribution in [2.75, 3.05) is 6.61 Å². The molecule has 0 unspecified atom stereocenters. The van der Waals surface area contributed by atoms with E-state index < -0.39 is 0 Å². The second-order valence-corrected chi connectivity index (χ2v) is 8.68. The maximum absolute atomic E-state index is 12.2. The van der Waals surface area contributed by atoms with Gasteiger partial charge in [0.25, 0.3) is 0 Å². The fourth-order valence-electron chi connectivity index (χ4n) is 3.39. The van der Waals surface area contributed by atoms with Crippen molar-refractivity contribution < 1.29 is 14.3 Å². The van der Waals surface area contributed by atoms with E-state index in [1.54, 1.807) is 17.5 Å². The number of rotatable bonds is 11. The van der Waals surface area contributed by atoms with E-state index in [2.05, 4.69) is 21.4 Å². The minimum absolute atomic E-state index is 0.0464. The summed E-state index contributed by atoms with van der Waals surface area (Å²) in [6.07, 6.45) is 4.88. The van der Waals surface area contributed by atoms with Crippen LogP contribution in [0, 0.1) is 0 Å². The zero-order valence-corrected chi connectivity index (χ0v) is 19.4. The van der Waals surface area contributed by atoms with Gasteiger partial charge in [0, 0.05) is 25.2 Å². The first-order valence-corrected chi connectivity index (χ1v) is 12.0. The molecule has 0 atom stereocenters. The maximum Gasteiger partial charge on any atom is 0.220 e. The molecule has 0 saturated heterocycles. The number of amides is 1. The molecule has 4 aromatic rings. The lowest BCUT2D eigenvalue weighted by atomic mass is 10.2. The number of hydrogen-bond donors (Lipinski definition) is 1. The van der Waals surface area contributed by atoms with E-state index in [1.165, 1.54) is 4.70 Å². The molecule has 0 saturated carbocycles. The number of thiazole rings is 1. The minimum Gasteiger partial charge on any atom is -0.494 e. The van der Waals surface area contributed by atoms with Crippen molar-refractivity contribution in [1.29, 1.82) is 0 Å². The molecule has 6 nitrogen and oxygen atoms in total. The number of carbonyl (C=O) groups is 1. The summed E-state index contributed by atoms with van der Waals surface area (Å²) in [6.45, 7) is 3.01. The van der Waals surface area contributed by atoms with Crippen molar-refractivity contribution in [3.05, 3.63) is 77.4 Å². The summed E-state index contributed by atoms with van der Waals surface area (Å²) < 4.78 is 12.5. The molecule has 2 heterocycles. The summed E-state index contributed by atoms with van der Waals surface area (Å²) in [4.78, 5) is 21.2. The molecule has 0 spiro atoms. The number of para-hydroxylation sites is 1. The fraction of sp³-hybridized carbons (Fsp3) is 0.269. The van der Waals surface area contributed by atoms with Crippen LogP contribution in [0.5, 0.6) is 17.4 Å². The molecule has 170 valence electrons. The summed E-state index contributed by atoms with van der Waals surface area (Å²) >= 11 is 1.73. The minimum atomic E-state index is 0.0464. The van der Waals surface area contributed by atoms with Gasteiger partial charge in [0.1, 0.15) is 11.5 Å². The molecule has 2 aromatic heterocycles. The van der Waals surface area contributed by atoms with Crippen molar-refractivity contribution in [2.45, 2.75) is 39.2 Å². The van der Waals surface area contributed by atoms with E-state index in [0.717, 1.165) is 41.1 Å². The Hall–Kier alpha value is -3.45. The summed E-state index contributed by atoms with van der Waals surface area (Å²) in [5, 5.41) is 4.11. The predicted octanol–water partition coefficient (Wildman–Crippen LogP) is 5.91. The third-order valence-corrected chi connectivity index (χ3v) is 6.12. The molecule has 2 aromatic carbocycles. The van der Waals surface area contributed by atoms with Crippen LogP contribution in [0.3, 0.4) is 0 Å². The summed E-state index contributed by atoms with van der Waals surface area (Å²) in [7, 11) is 0. The van der Waals surface area contributed by atoms with Crippen molar-refractivity contribution in [3.63, 3.8) is 0 Å². The van der Waals surface area contributed by atoms with Gasteiger partial charge in [-0.2, -0.15) is 0 Å². The SMILES string of the molecule is CCOc1ccc(Oc2cc(CNC(=O)CCCCc3nc4ccccc4s3)ccn2)cc1. The first-order valence-electron chi connectivity index (χ1n) is 11.2. The Kier molecular flexibility index (Phi) is 7.87. The van der Waals surface area contributed by atoms with E-state index in [9.17, 15) is 4.79 Å². The topological polar surface area (TPSA) is 73.3 Å². The van der Waals surface area contributed by atoms with Gasteiger partial charge in [0.2, 0.25) is 11.8 Å². The lowest BCUT2D eigenvalue weighted by Gasteiger charge is -2.09. The molecule has 4 rings (SSSR count). The quantitative estimate of drug-likeness (QED) is 0.281. The highest BCUT2D eigenvalue weighted by atomic mass is 32.1. The summed E-state index contributed by atoms with van der Waals surface area (Å²) in [5.41, 5.74) is 1.99. The van der Waals surface area contributed by atoms with Gasteiger partial charge >= 0.3 is 0 Å². The van der Waals surface area contributed by atoms with Gasteiger partial charge in [-0.1, -0.05) is 12.1 Å². The summed E-state index contributed by atoms with van der Waals surface area (Å²) in [6, 6.07) is 19.3. The van der Waals surface area contributed by atoms with Gasteiger partial charge in [0.05, 0.1) is 21.8 Å². The Morgan fingerprint density at radius 1 is 1.03 bits per heavy atom. The van der Waals surface area contributed by atoms with E-state index in [0.29, 0.717) is 31.2 Å². The highest BCUT2D eigenvalue weighted by Crippen LogP contribution is 2.24. The predicted molar refractivity (Wildman–Crippen MR) is 131 cm³/mol. The van der Waals surface area contributed by atoms with Crippen molar-refractivity contribution >= 4 is 27.5 Å². The Morgan fingerprint density at radius 2 is 1.85 bits per heavy atom. The first kappa shape index (κ1) is 22.7. The third kappa shape index (κ3) is 6.76. The average Bonchev–Trinajstić information content (AvgIpc) is 3.25. The van der Waals surface area contributed by atoms with Gasteiger partial charge in [-0.15, -0.1) is 11.3 Å². The average molecular weight is 462 g/mol. The monoisotopic (exact) mass is 461 g/mol. The van der Waals surface area contributed by atoms with Crippen LogP contribution in [-0.2, 0) is 17.8 Å². The zero-order chi connectivity index (χ0) is 22.9. The smallest absolute Gasteiger partial charge is 0.220 e. The molecule has 33 heavy (non-hydrogen) atoms. The largest absolute Gasteiger partial charge is 0.494 e. The Morgan fingerprint density at radius 3 is 2.67 bits per heavy atom. The van der Waals surface area contributed by atoms with Crippen LogP contribution < -0.4 is 14.8 Å². The lowest BCUT2D eigenvalue weighted by Crippen LogP contribution is -2.22. The van der Waals surface area contributed by atoms with Crippen LogP contribution in [-0.4, -0.2) is 22.5 Å². The normalized spacial score (nSPS) is 10.8. The first-order chi connectivity index (χ1) is 16.2. The number of nitrogens with zero attached hydrogens (tertiary/aromatic N) is 2. The number of nitrogens with one attached hydrogen (secondary N) is 1. The molecule has 0 bridgehead atoms. The number of aromatic nitrogens is 2. The standard InChI is InChI=1S/C26H27N3O3S/c1-2-31-20-11-13-21(14-12-20)32-25-17-19(15-16-27-25)18-28-24(30)9-5-6-10-26-29-22-7-3-4-8-23(22)33-26/h3-4,7-8,11-17H,2,5-6,9-10,18H2,1H3,(H,28,30). The lowest BCUT2D eigenvalue weighted by molar-refractivity contribution is -0.121. The van der Waals surface area contributed by atoms with E-state index >= 15 is 0 Å². The van der Waals surface area contributed by atoms with Crippen molar-refractivity contribution in [2.24, 2.45) is 0 Å². The number of carbonyl (C=O) groups excluding carboxylic acids is 1. The number of aryl methyl sites for hydroxylation is 1.